The molecule has 9 rings (SSSR count). The smallest absolute Gasteiger partial charge is 0.0468 e. The van der Waals surface area contributed by atoms with Crippen LogP contribution in [0, 0.1) is 5.92 Å². The molecule has 49 heavy (non-hydrogen) atoms. The van der Waals surface area contributed by atoms with Crippen LogP contribution in [0.3, 0.4) is 0 Å². The molecule has 234 valence electrons. The maximum absolute atomic E-state index is 2.40. The average molecular weight is 628 g/mol. The van der Waals surface area contributed by atoms with Gasteiger partial charge in [0.25, 0.3) is 0 Å². The van der Waals surface area contributed by atoms with E-state index in [2.05, 4.69) is 189 Å². The Hall–Kier alpha value is -5.92. The van der Waals surface area contributed by atoms with Crippen LogP contribution in [0.5, 0.6) is 0 Å². The second-order valence-electron chi connectivity index (χ2n) is 13.7. The number of hydrogen-bond acceptors (Lipinski definition) is 1. The van der Waals surface area contributed by atoms with Crippen LogP contribution in [0.15, 0.2) is 170 Å². The van der Waals surface area contributed by atoms with Crippen molar-refractivity contribution in [1.29, 1.82) is 0 Å². The lowest BCUT2D eigenvalue weighted by Gasteiger charge is -2.28. The minimum Gasteiger partial charge on any atom is -0.310 e. The molecule has 1 heteroatoms. The Morgan fingerprint density at radius 3 is 1.29 bits per heavy atom. The zero-order chi connectivity index (χ0) is 32.9. The zero-order valence-electron chi connectivity index (χ0n) is 27.9. The summed E-state index contributed by atoms with van der Waals surface area (Å²) in [6, 6.07) is 62.6. The standard InChI is InChI=1S/C48H37N/c1-32(2)24-33-18-21-41(22-19-33)49(40-16-10-5-11-17-40)42-23-20-36-26-45-46(29-37(36)25-42)48-31-39-28-44(35-14-8-4-9-15-35)43(27-38(39)30-47(45)48)34-12-6-3-7-13-34/h3-23,25-32H,24H2,1-2H3. The zero-order valence-corrected chi connectivity index (χ0v) is 27.9. The first-order chi connectivity index (χ1) is 24.1. The Labute approximate surface area is 288 Å². The van der Waals surface area contributed by atoms with Crippen molar-refractivity contribution in [3.05, 3.63) is 175 Å². The number of rotatable bonds is 7. The summed E-state index contributed by atoms with van der Waals surface area (Å²) in [4.78, 5) is 2.37. The third-order valence-electron chi connectivity index (χ3n) is 9.93. The van der Waals surface area contributed by atoms with Crippen LogP contribution in [0.1, 0.15) is 19.4 Å². The predicted molar refractivity (Wildman–Crippen MR) is 210 cm³/mol. The lowest BCUT2D eigenvalue weighted by Crippen LogP contribution is -2.10. The van der Waals surface area contributed by atoms with E-state index in [1.54, 1.807) is 0 Å². The summed E-state index contributed by atoms with van der Waals surface area (Å²) in [5.41, 5.74) is 15.2. The van der Waals surface area contributed by atoms with Crippen molar-refractivity contribution in [2.45, 2.75) is 20.3 Å². The van der Waals surface area contributed by atoms with Gasteiger partial charge in [-0.25, -0.2) is 0 Å². The summed E-state index contributed by atoms with van der Waals surface area (Å²) in [5.74, 6) is 0.634. The SMILES string of the molecule is CC(C)Cc1ccc(N(c2ccccc2)c2ccc3cc4c(cc3c2)-c2cc3cc(-c5ccccc5)c(-c5ccccc5)cc3cc2-4)cc1. The first-order valence-corrected chi connectivity index (χ1v) is 17.3. The molecule has 8 aromatic carbocycles. The summed E-state index contributed by atoms with van der Waals surface area (Å²) in [6.45, 7) is 4.55. The van der Waals surface area contributed by atoms with Gasteiger partial charge in [0.2, 0.25) is 0 Å². The van der Waals surface area contributed by atoms with Crippen LogP contribution in [0.25, 0.3) is 66.1 Å². The molecule has 1 nitrogen and oxygen atoms in total. The fourth-order valence-electron chi connectivity index (χ4n) is 7.59. The molecule has 0 aliphatic heterocycles. The minimum absolute atomic E-state index is 0.634. The molecule has 0 N–H and O–H groups in total. The van der Waals surface area contributed by atoms with E-state index < -0.39 is 0 Å². The largest absolute Gasteiger partial charge is 0.310 e. The van der Waals surface area contributed by atoms with Crippen LogP contribution < -0.4 is 4.90 Å². The molecule has 0 fully saturated rings. The number of anilines is 3. The highest BCUT2D eigenvalue weighted by Gasteiger charge is 2.25. The molecule has 0 atom stereocenters. The molecule has 0 bridgehead atoms. The van der Waals surface area contributed by atoms with E-state index in [9.17, 15) is 0 Å². The fraction of sp³-hybridized carbons (Fsp3) is 0.0833. The summed E-state index contributed by atoms with van der Waals surface area (Å²) < 4.78 is 0. The van der Waals surface area contributed by atoms with Gasteiger partial charge in [0.1, 0.15) is 0 Å². The first-order valence-electron chi connectivity index (χ1n) is 17.3. The van der Waals surface area contributed by atoms with Gasteiger partial charge in [0.15, 0.2) is 0 Å². The van der Waals surface area contributed by atoms with Crippen LogP contribution in [-0.4, -0.2) is 0 Å². The van der Waals surface area contributed by atoms with Gasteiger partial charge in [-0.05, 0) is 157 Å². The predicted octanol–water partition coefficient (Wildman–Crippen LogP) is 13.6. The molecular formula is C48H37N. The third-order valence-corrected chi connectivity index (χ3v) is 9.93. The van der Waals surface area contributed by atoms with E-state index in [4.69, 9.17) is 0 Å². The normalized spacial score (nSPS) is 11.7. The number of nitrogens with zero attached hydrogens (tertiary/aromatic N) is 1. The second-order valence-corrected chi connectivity index (χ2v) is 13.7. The van der Waals surface area contributed by atoms with Crippen LogP contribution in [0.4, 0.5) is 17.1 Å². The molecule has 0 amide bonds. The number of benzene rings is 8. The highest BCUT2D eigenvalue weighted by atomic mass is 15.1. The van der Waals surface area contributed by atoms with Gasteiger partial charge < -0.3 is 4.90 Å². The van der Waals surface area contributed by atoms with Crippen molar-refractivity contribution in [3.63, 3.8) is 0 Å². The first kappa shape index (κ1) is 29.2. The van der Waals surface area contributed by atoms with Crippen molar-refractivity contribution in [2.75, 3.05) is 4.90 Å². The molecule has 0 aromatic heterocycles. The molecule has 8 aromatic rings. The highest BCUT2D eigenvalue weighted by Crippen LogP contribution is 2.51. The van der Waals surface area contributed by atoms with Gasteiger partial charge >= 0.3 is 0 Å². The van der Waals surface area contributed by atoms with Crippen molar-refractivity contribution >= 4 is 38.6 Å². The molecule has 0 unspecified atom stereocenters. The van der Waals surface area contributed by atoms with E-state index in [0.29, 0.717) is 5.92 Å². The van der Waals surface area contributed by atoms with Gasteiger partial charge in [-0.2, -0.15) is 0 Å². The Morgan fingerprint density at radius 2 is 0.776 bits per heavy atom. The number of fused-ring (bicyclic) bond motifs is 6. The van der Waals surface area contributed by atoms with Crippen molar-refractivity contribution < 1.29 is 0 Å². The monoisotopic (exact) mass is 627 g/mol. The van der Waals surface area contributed by atoms with E-state index in [0.717, 1.165) is 17.8 Å². The lowest BCUT2D eigenvalue weighted by atomic mass is 9.77. The molecule has 0 saturated heterocycles. The minimum atomic E-state index is 0.634. The molecule has 0 saturated carbocycles. The highest BCUT2D eigenvalue weighted by molar-refractivity contribution is 6.13. The van der Waals surface area contributed by atoms with Crippen molar-refractivity contribution in [1.82, 2.24) is 0 Å². The lowest BCUT2D eigenvalue weighted by molar-refractivity contribution is 0.647. The maximum atomic E-state index is 2.40. The van der Waals surface area contributed by atoms with Gasteiger partial charge in [-0.3, -0.25) is 0 Å². The average Bonchev–Trinajstić information content (AvgIpc) is 3.14. The van der Waals surface area contributed by atoms with Gasteiger partial charge in [-0.1, -0.05) is 111 Å². The summed E-state index contributed by atoms with van der Waals surface area (Å²) in [5, 5.41) is 5.06. The van der Waals surface area contributed by atoms with E-state index in [1.807, 2.05) is 0 Å². The van der Waals surface area contributed by atoms with Crippen LogP contribution >= 0.6 is 0 Å². The Bertz CT molecular complexity index is 2460. The fourth-order valence-corrected chi connectivity index (χ4v) is 7.59. The molecular weight excluding hydrogens is 591 g/mol. The maximum Gasteiger partial charge on any atom is 0.0468 e. The Kier molecular flexibility index (Phi) is 7.13. The Balaban J connectivity index is 1.14. The molecule has 1 aliphatic carbocycles. The van der Waals surface area contributed by atoms with E-state index in [1.165, 1.54) is 77.3 Å². The van der Waals surface area contributed by atoms with Crippen molar-refractivity contribution in [3.8, 4) is 44.5 Å². The second kappa shape index (κ2) is 12.0. The van der Waals surface area contributed by atoms with Crippen LogP contribution in [-0.2, 0) is 6.42 Å². The van der Waals surface area contributed by atoms with Gasteiger partial charge in [-0.15, -0.1) is 0 Å². The quantitative estimate of drug-likeness (QED) is 0.170. The van der Waals surface area contributed by atoms with Crippen molar-refractivity contribution in [2.24, 2.45) is 5.92 Å². The summed E-state index contributed by atoms with van der Waals surface area (Å²) in [7, 11) is 0. The molecule has 0 spiro atoms. The molecule has 0 radical (unpaired) electrons. The van der Waals surface area contributed by atoms with E-state index in [-0.39, 0.29) is 0 Å². The van der Waals surface area contributed by atoms with Gasteiger partial charge in [0, 0.05) is 17.1 Å². The topological polar surface area (TPSA) is 3.24 Å². The van der Waals surface area contributed by atoms with Gasteiger partial charge in [0.05, 0.1) is 0 Å². The van der Waals surface area contributed by atoms with E-state index >= 15 is 0 Å². The number of hydrogen-bond donors (Lipinski definition) is 0. The third kappa shape index (κ3) is 5.29. The van der Waals surface area contributed by atoms with Crippen LogP contribution in [0.2, 0.25) is 0 Å². The summed E-state index contributed by atoms with van der Waals surface area (Å²) >= 11 is 0. The molecule has 0 heterocycles. The summed E-state index contributed by atoms with van der Waals surface area (Å²) in [6.07, 6.45) is 1.09. The molecule has 1 aliphatic rings. The number of para-hydroxylation sites is 1. The Morgan fingerprint density at radius 1 is 0.367 bits per heavy atom.